The number of carbonyl (C=O) groups is 1. The van der Waals surface area contributed by atoms with E-state index in [0.29, 0.717) is 30.1 Å². The minimum atomic E-state index is -0.964. The second kappa shape index (κ2) is 5.80. The monoisotopic (exact) mass is 357 g/mol. The van der Waals surface area contributed by atoms with Gasteiger partial charge in [0.05, 0.1) is 22.3 Å². The fourth-order valence-corrected chi connectivity index (χ4v) is 2.74. The van der Waals surface area contributed by atoms with Crippen LogP contribution in [-0.4, -0.2) is 16.0 Å². The molecule has 1 aliphatic rings. The number of nitro benzene ring substituents is 1. The number of benzene rings is 1. The van der Waals surface area contributed by atoms with Crippen molar-refractivity contribution in [1.82, 2.24) is 5.16 Å². The minimum absolute atomic E-state index is 0.143. The van der Waals surface area contributed by atoms with Gasteiger partial charge in [-0.25, -0.2) is 0 Å². The van der Waals surface area contributed by atoms with E-state index in [9.17, 15) is 19.3 Å². The highest BCUT2D eigenvalue weighted by Crippen LogP contribution is 2.49. The first-order chi connectivity index (χ1) is 12.5. The molecule has 132 valence electrons. The van der Waals surface area contributed by atoms with Crippen LogP contribution in [0.3, 0.4) is 0 Å². The molecule has 0 atom stereocenters. The number of amides is 1. The number of carbonyl (C=O) groups excluding carboxylic acids is 1. The van der Waals surface area contributed by atoms with Crippen molar-refractivity contribution in [3.63, 3.8) is 0 Å². The summed E-state index contributed by atoms with van der Waals surface area (Å²) >= 11 is 0. The molecule has 26 heavy (non-hydrogen) atoms. The smallest absolute Gasteiger partial charge is 0.306 e. The molecule has 9 heteroatoms. The third-order valence-electron chi connectivity index (χ3n) is 4.35. The van der Waals surface area contributed by atoms with Crippen molar-refractivity contribution in [2.24, 2.45) is 0 Å². The Balaban J connectivity index is 1.57. The van der Waals surface area contributed by atoms with Crippen molar-refractivity contribution < 1.29 is 23.0 Å². The van der Waals surface area contributed by atoms with Gasteiger partial charge in [-0.05, 0) is 37.1 Å². The summed E-state index contributed by atoms with van der Waals surface area (Å²) in [7, 11) is 0. The quantitative estimate of drug-likeness (QED) is 0.551. The van der Waals surface area contributed by atoms with E-state index in [1.54, 1.807) is 18.2 Å². The van der Waals surface area contributed by atoms with Crippen LogP contribution in [0.4, 0.5) is 15.8 Å². The van der Waals surface area contributed by atoms with Crippen LogP contribution >= 0.6 is 0 Å². The van der Waals surface area contributed by atoms with Gasteiger partial charge in [0, 0.05) is 17.8 Å². The zero-order chi connectivity index (χ0) is 18.3. The number of hydrogen-bond donors (Lipinski definition) is 1. The maximum absolute atomic E-state index is 13.4. The van der Waals surface area contributed by atoms with Crippen molar-refractivity contribution in [3.05, 3.63) is 64.3 Å². The van der Waals surface area contributed by atoms with Gasteiger partial charge < -0.3 is 14.3 Å². The summed E-state index contributed by atoms with van der Waals surface area (Å²) in [6.07, 6.45) is 2.62. The van der Waals surface area contributed by atoms with E-state index >= 15 is 0 Å². The maximum Gasteiger partial charge on any atom is 0.306 e. The van der Waals surface area contributed by atoms with E-state index in [1.165, 1.54) is 12.3 Å². The van der Waals surface area contributed by atoms with Gasteiger partial charge in [-0.15, -0.1) is 0 Å². The summed E-state index contributed by atoms with van der Waals surface area (Å²) in [5.41, 5.74) is -0.964. The van der Waals surface area contributed by atoms with Gasteiger partial charge in [0.25, 0.3) is 0 Å². The summed E-state index contributed by atoms with van der Waals surface area (Å²) in [6.45, 7) is 0. The Morgan fingerprint density at radius 2 is 2.08 bits per heavy atom. The molecule has 4 rings (SSSR count). The first-order valence-electron chi connectivity index (χ1n) is 7.76. The lowest BCUT2D eigenvalue weighted by Gasteiger charge is -2.12. The van der Waals surface area contributed by atoms with Crippen LogP contribution in [0.15, 0.2) is 51.6 Å². The van der Waals surface area contributed by atoms with Gasteiger partial charge >= 0.3 is 5.69 Å². The molecule has 0 spiro atoms. The molecule has 0 aliphatic heterocycles. The second-order valence-corrected chi connectivity index (χ2v) is 6.01. The highest BCUT2D eigenvalue weighted by atomic mass is 19.1. The first kappa shape index (κ1) is 16.0. The largest absolute Gasteiger partial charge is 0.461 e. The SMILES string of the molecule is O=C(Nc1ccc(F)c([N+](=O)[O-])c1)C1(c2cc(-c3ccco3)on2)CC1. The lowest BCUT2D eigenvalue weighted by Crippen LogP contribution is -2.28. The Labute approximate surface area is 145 Å². The molecular formula is C17H12FN3O5. The number of nitro groups is 1. The number of furan rings is 1. The molecule has 1 N–H and O–H groups in total. The van der Waals surface area contributed by atoms with E-state index in [-0.39, 0.29) is 11.6 Å². The summed E-state index contributed by atoms with van der Waals surface area (Å²) < 4.78 is 23.9. The predicted molar refractivity (Wildman–Crippen MR) is 86.8 cm³/mol. The van der Waals surface area contributed by atoms with Crippen molar-refractivity contribution in [1.29, 1.82) is 0 Å². The topological polar surface area (TPSA) is 111 Å². The Morgan fingerprint density at radius 1 is 1.27 bits per heavy atom. The predicted octanol–water partition coefficient (Wildman–Crippen LogP) is 3.65. The summed E-state index contributed by atoms with van der Waals surface area (Å²) in [4.78, 5) is 22.7. The second-order valence-electron chi connectivity index (χ2n) is 6.01. The van der Waals surface area contributed by atoms with E-state index in [0.717, 1.165) is 12.1 Å². The normalized spacial score (nSPS) is 14.8. The number of aromatic nitrogens is 1. The molecule has 2 heterocycles. The molecule has 0 bridgehead atoms. The van der Waals surface area contributed by atoms with Gasteiger partial charge in [-0.1, -0.05) is 5.16 Å². The maximum atomic E-state index is 13.4. The lowest BCUT2D eigenvalue weighted by molar-refractivity contribution is -0.387. The fraction of sp³-hybridized carbons (Fsp3) is 0.176. The van der Waals surface area contributed by atoms with Crippen molar-refractivity contribution in [2.75, 3.05) is 5.32 Å². The molecule has 0 unspecified atom stereocenters. The fourth-order valence-electron chi connectivity index (χ4n) is 2.74. The van der Waals surface area contributed by atoms with Crippen LogP contribution in [0.5, 0.6) is 0 Å². The Bertz CT molecular complexity index is 992. The molecule has 1 saturated carbocycles. The van der Waals surface area contributed by atoms with Crippen LogP contribution in [0, 0.1) is 15.9 Å². The molecule has 1 aliphatic carbocycles. The van der Waals surface area contributed by atoms with Gasteiger partial charge in [0.1, 0.15) is 0 Å². The molecular weight excluding hydrogens is 345 g/mol. The highest BCUT2D eigenvalue weighted by Gasteiger charge is 2.54. The summed E-state index contributed by atoms with van der Waals surface area (Å²) in [5.74, 6) is -0.443. The standard InChI is InChI=1S/C17H12FN3O5/c18-11-4-3-10(8-12(11)21(23)24)19-16(22)17(5-6-17)15-9-14(26-20-15)13-2-1-7-25-13/h1-4,7-9H,5-6H2,(H,19,22). The molecule has 3 aromatic rings. The van der Waals surface area contributed by atoms with E-state index in [1.807, 2.05) is 0 Å². The third-order valence-corrected chi connectivity index (χ3v) is 4.35. The Kier molecular flexibility index (Phi) is 3.57. The van der Waals surface area contributed by atoms with Crippen LogP contribution < -0.4 is 5.32 Å². The van der Waals surface area contributed by atoms with Gasteiger partial charge in [0.15, 0.2) is 5.76 Å². The average Bonchev–Trinajstić information content (AvgIpc) is 3.04. The number of anilines is 1. The first-order valence-corrected chi connectivity index (χ1v) is 7.76. The zero-order valence-electron chi connectivity index (χ0n) is 13.3. The number of halogens is 1. The van der Waals surface area contributed by atoms with E-state index in [4.69, 9.17) is 8.94 Å². The van der Waals surface area contributed by atoms with Crippen LogP contribution in [-0.2, 0) is 10.2 Å². The number of hydrogen-bond acceptors (Lipinski definition) is 6. The molecule has 1 fully saturated rings. The summed E-state index contributed by atoms with van der Waals surface area (Å²) in [5, 5.41) is 17.4. The molecule has 1 amide bonds. The van der Waals surface area contributed by atoms with Gasteiger partial charge in [-0.2, -0.15) is 4.39 Å². The van der Waals surface area contributed by atoms with E-state index in [2.05, 4.69) is 10.5 Å². The van der Waals surface area contributed by atoms with Crippen molar-refractivity contribution in [2.45, 2.75) is 18.3 Å². The van der Waals surface area contributed by atoms with Crippen LogP contribution in [0.1, 0.15) is 18.5 Å². The Morgan fingerprint density at radius 3 is 2.73 bits per heavy atom. The van der Waals surface area contributed by atoms with Crippen LogP contribution in [0.2, 0.25) is 0 Å². The molecule has 2 aromatic heterocycles. The van der Waals surface area contributed by atoms with E-state index < -0.39 is 21.8 Å². The molecule has 8 nitrogen and oxygen atoms in total. The van der Waals surface area contributed by atoms with Crippen LogP contribution in [0.25, 0.3) is 11.5 Å². The van der Waals surface area contributed by atoms with Gasteiger partial charge in [-0.3, -0.25) is 14.9 Å². The van der Waals surface area contributed by atoms with Crippen molar-refractivity contribution >= 4 is 17.3 Å². The van der Waals surface area contributed by atoms with Gasteiger partial charge in [0.2, 0.25) is 17.5 Å². The highest BCUT2D eigenvalue weighted by molar-refractivity contribution is 6.01. The number of nitrogens with one attached hydrogen (secondary N) is 1. The average molecular weight is 357 g/mol. The summed E-state index contributed by atoms with van der Waals surface area (Å²) in [6, 6.07) is 8.25. The molecule has 0 radical (unpaired) electrons. The van der Waals surface area contributed by atoms with Crippen molar-refractivity contribution in [3.8, 4) is 11.5 Å². The number of nitrogens with zero attached hydrogens (tertiary/aromatic N) is 2. The number of rotatable bonds is 5. The lowest BCUT2D eigenvalue weighted by atomic mass is 10.0. The minimum Gasteiger partial charge on any atom is -0.461 e. The zero-order valence-corrected chi connectivity index (χ0v) is 13.3. The third kappa shape index (κ3) is 2.63. The molecule has 0 saturated heterocycles. The Hall–Kier alpha value is -3.49. The molecule has 1 aromatic carbocycles.